The number of aromatic nitrogens is 2. The van der Waals surface area contributed by atoms with Crippen LogP contribution in [0.1, 0.15) is 13.3 Å². The molecule has 1 aromatic rings. The Hall–Kier alpha value is -1.85. The highest BCUT2D eigenvalue weighted by atomic mass is 16.1. The number of carbonyl (C=O) groups is 1. The number of nitrogens with zero attached hydrogens (tertiary/aromatic N) is 3. The molecule has 1 aromatic heterocycles. The molecule has 0 atom stereocenters. The molecule has 6 nitrogen and oxygen atoms in total. The van der Waals surface area contributed by atoms with E-state index in [2.05, 4.69) is 20.6 Å². The van der Waals surface area contributed by atoms with Crippen molar-refractivity contribution in [2.24, 2.45) is 0 Å². The first-order chi connectivity index (χ1) is 8.13. The van der Waals surface area contributed by atoms with Crippen molar-refractivity contribution in [1.29, 1.82) is 0 Å². The van der Waals surface area contributed by atoms with Gasteiger partial charge in [-0.05, 0) is 13.0 Å². The zero-order valence-electron chi connectivity index (χ0n) is 10.5. The maximum absolute atomic E-state index is 11.2. The molecule has 0 unspecified atom stereocenters. The first-order valence-electron chi connectivity index (χ1n) is 5.64. The summed E-state index contributed by atoms with van der Waals surface area (Å²) in [7, 11) is 3.77. The van der Waals surface area contributed by atoms with Gasteiger partial charge in [-0.25, -0.2) is 4.98 Å². The predicted octanol–water partition coefficient (Wildman–Crippen LogP) is 0.481. The van der Waals surface area contributed by atoms with Gasteiger partial charge >= 0.3 is 0 Å². The van der Waals surface area contributed by atoms with E-state index in [0.29, 0.717) is 25.5 Å². The van der Waals surface area contributed by atoms with E-state index < -0.39 is 0 Å². The Bertz CT molecular complexity index is 367. The van der Waals surface area contributed by atoms with Crippen LogP contribution in [0, 0.1) is 0 Å². The minimum atomic E-state index is 0.0434. The van der Waals surface area contributed by atoms with E-state index >= 15 is 0 Å². The van der Waals surface area contributed by atoms with Crippen molar-refractivity contribution in [2.75, 3.05) is 37.4 Å². The Balaban J connectivity index is 2.41. The molecule has 0 aliphatic heterocycles. The summed E-state index contributed by atoms with van der Waals surface area (Å²) in [6.07, 6.45) is 2.13. The molecule has 17 heavy (non-hydrogen) atoms. The molecule has 1 heterocycles. The van der Waals surface area contributed by atoms with Crippen LogP contribution >= 0.6 is 0 Å². The second kappa shape index (κ2) is 6.67. The van der Waals surface area contributed by atoms with Crippen LogP contribution in [-0.2, 0) is 4.79 Å². The second-order valence-corrected chi connectivity index (χ2v) is 3.77. The summed E-state index contributed by atoms with van der Waals surface area (Å²) in [5.41, 5.74) is 0. The highest BCUT2D eigenvalue weighted by Crippen LogP contribution is 2.07. The fourth-order valence-electron chi connectivity index (χ4n) is 1.25. The quantitative estimate of drug-likeness (QED) is 0.753. The van der Waals surface area contributed by atoms with Gasteiger partial charge in [-0.2, -0.15) is 4.98 Å². The van der Waals surface area contributed by atoms with Gasteiger partial charge in [0, 0.05) is 39.8 Å². The second-order valence-electron chi connectivity index (χ2n) is 3.77. The average molecular weight is 237 g/mol. The topological polar surface area (TPSA) is 70.2 Å². The molecular formula is C11H19N5O. The molecule has 0 saturated heterocycles. The molecule has 0 saturated carbocycles. The monoisotopic (exact) mass is 237 g/mol. The Morgan fingerprint density at radius 3 is 2.88 bits per heavy atom. The molecule has 6 heteroatoms. The lowest BCUT2D eigenvalue weighted by molar-refractivity contribution is -0.120. The third-order valence-corrected chi connectivity index (χ3v) is 2.07. The molecule has 0 radical (unpaired) electrons. The van der Waals surface area contributed by atoms with Gasteiger partial charge in [0.1, 0.15) is 5.82 Å². The van der Waals surface area contributed by atoms with E-state index in [9.17, 15) is 4.79 Å². The van der Waals surface area contributed by atoms with E-state index in [-0.39, 0.29) is 5.91 Å². The fourth-order valence-corrected chi connectivity index (χ4v) is 1.25. The molecule has 1 amide bonds. The van der Waals surface area contributed by atoms with Crippen LogP contribution in [-0.4, -0.2) is 43.1 Å². The molecule has 0 aliphatic rings. The Kier molecular flexibility index (Phi) is 5.19. The summed E-state index contributed by atoms with van der Waals surface area (Å²) in [6, 6.07) is 1.78. The van der Waals surface area contributed by atoms with Gasteiger partial charge in [-0.15, -0.1) is 0 Å². The number of nitrogens with one attached hydrogen (secondary N) is 2. The molecule has 0 aliphatic carbocycles. The summed E-state index contributed by atoms with van der Waals surface area (Å²) in [4.78, 5) is 21.4. The first kappa shape index (κ1) is 13.2. The normalized spacial score (nSPS) is 9.82. The average Bonchev–Trinajstić information content (AvgIpc) is 2.30. The zero-order chi connectivity index (χ0) is 12.7. The minimum Gasteiger partial charge on any atom is -0.369 e. The Labute approximate surface area is 101 Å². The van der Waals surface area contributed by atoms with Crippen LogP contribution < -0.4 is 15.5 Å². The molecular weight excluding hydrogens is 218 g/mol. The van der Waals surface area contributed by atoms with Crippen LogP contribution in [0.2, 0.25) is 0 Å². The summed E-state index contributed by atoms with van der Waals surface area (Å²) in [5.74, 6) is 1.42. The van der Waals surface area contributed by atoms with E-state index in [1.54, 1.807) is 12.3 Å². The van der Waals surface area contributed by atoms with E-state index in [0.717, 1.165) is 5.82 Å². The third kappa shape index (κ3) is 4.67. The maximum Gasteiger partial charge on any atom is 0.226 e. The van der Waals surface area contributed by atoms with Crippen LogP contribution in [0.15, 0.2) is 12.3 Å². The smallest absolute Gasteiger partial charge is 0.226 e. The summed E-state index contributed by atoms with van der Waals surface area (Å²) < 4.78 is 0. The number of carbonyl (C=O) groups excluding carboxylic acids is 1. The van der Waals surface area contributed by atoms with Crippen LogP contribution in [0.4, 0.5) is 11.8 Å². The van der Waals surface area contributed by atoms with Crippen molar-refractivity contribution in [2.45, 2.75) is 13.3 Å². The molecule has 0 spiro atoms. The standard InChI is InChI=1S/C11H19N5O/c1-4-12-10(17)6-8-13-9-5-7-14-11(15-9)16(2)3/h5,7H,4,6,8H2,1-3H3,(H,12,17)(H,13,14,15). The summed E-state index contributed by atoms with van der Waals surface area (Å²) >= 11 is 0. The lowest BCUT2D eigenvalue weighted by atomic mass is 10.4. The molecule has 1 rings (SSSR count). The molecule has 94 valence electrons. The lowest BCUT2D eigenvalue weighted by Crippen LogP contribution is -2.25. The van der Waals surface area contributed by atoms with Crippen molar-refractivity contribution in [1.82, 2.24) is 15.3 Å². The van der Waals surface area contributed by atoms with E-state index in [1.165, 1.54) is 0 Å². The Morgan fingerprint density at radius 1 is 1.47 bits per heavy atom. The summed E-state index contributed by atoms with van der Waals surface area (Å²) in [6.45, 7) is 3.13. The van der Waals surface area contributed by atoms with Gasteiger partial charge in [0.2, 0.25) is 11.9 Å². The van der Waals surface area contributed by atoms with E-state index in [4.69, 9.17) is 0 Å². The zero-order valence-corrected chi connectivity index (χ0v) is 10.5. The fraction of sp³-hybridized carbons (Fsp3) is 0.545. The lowest BCUT2D eigenvalue weighted by Gasteiger charge is -2.11. The molecule has 0 aromatic carbocycles. The van der Waals surface area contributed by atoms with Gasteiger partial charge in [0.25, 0.3) is 0 Å². The SMILES string of the molecule is CCNC(=O)CCNc1ccnc(N(C)C)n1. The largest absolute Gasteiger partial charge is 0.369 e. The first-order valence-corrected chi connectivity index (χ1v) is 5.64. The number of anilines is 2. The van der Waals surface area contributed by atoms with Gasteiger partial charge in [0.05, 0.1) is 0 Å². The number of hydrogen-bond donors (Lipinski definition) is 2. The highest BCUT2D eigenvalue weighted by molar-refractivity contribution is 5.76. The van der Waals surface area contributed by atoms with E-state index in [1.807, 2.05) is 25.9 Å². The highest BCUT2D eigenvalue weighted by Gasteiger charge is 2.02. The van der Waals surface area contributed by atoms with Crippen molar-refractivity contribution in [3.8, 4) is 0 Å². The maximum atomic E-state index is 11.2. The molecule has 0 fully saturated rings. The van der Waals surface area contributed by atoms with Crippen LogP contribution in [0.5, 0.6) is 0 Å². The van der Waals surface area contributed by atoms with Crippen LogP contribution in [0.25, 0.3) is 0 Å². The Morgan fingerprint density at radius 2 is 2.24 bits per heavy atom. The van der Waals surface area contributed by atoms with Crippen LogP contribution in [0.3, 0.4) is 0 Å². The van der Waals surface area contributed by atoms with Gasteiger partial charge in [-0.3, -0.25) is 4.79 Å². The number of amides is 1. The van der Waals surface area contributed by atoms with Crippen molar-refractivity contribution >= 4 is 17.7 Å². The number of rotatable bonds is 6. The third-order valence-electron chi connectivity index (χ3n) is 2.07. The minimum absolute atomic E-state index is 0.0434. The van der Waals surface area contributed by atoms with Gasteiger partial charge in [0.15, 0.2) is 0 Å². The molecule has 2 N–H and O–H groups in total. The van der Waals surface area contributed by atoms with Gasteiger partial charge < -0.3 is 15.5 Å². The van der Waals surface area contributed by atoms with Crippen molar-refractivity contribution in [3.63, 3.8) is 0 Å². The number of hydrogen-bond acceptors (Lipinski definition) is 5. The predicted molar refractivity (Wildman–Crippen MR) is 68.1 cm³/mol. The van der Waals surface area contributed by atoms with Crippen molar-refractivity contribution in [3.05, 3.63) is 12.3 Å². The van der Waals surface area contributed by atoms with Gasteiger partial charge in [-0.1, -0.05) is 0 Å². The summed E-state index contributed by atoms with van der Waals surface area (Å²) in [5, 5.41) is 5.83. The van der Waals surface area contributed by atoms with Crippen molar-refractivity contribution < 1.29 is 4.79 Å². The molecule has 0 bridgehead atoms.